The molecule has 92 valence electrons. The minimum atomic E-state index is -0.599. The summed E-state index contributed by atoms with van der Waals surface area (Å²) in [5.74, 6) is -0.554. The highest BCUT2D eigenvalue weighted by molar-refractivity contribution is 6.00. The van der Waals surface area contributed by atoms with Crippen LogP contribution in [0.15, 0.2) is 18.2 Å². The third kappa shape index (κ3) is 3.10. The number of nitrogens with two attached hydrogens (primary N) is 1. The lowest BCUT2D eigenvalue weighted by Gasteiger charge is -2.16. The van der Waals surface area contributed by atoms with Crippen LogP contribution in [-0.2, 0) is 4.74 Å². The monoisotopic (exact) mass is 237 g/mol. The number of carbonyl (C=O) groups excluding carboxylic acids is 2. The van der Waals surface area contributed by atoms with Gasteiger partial charge < -0.3 is 15.4 Å². The van der Waals surface area contributed by atoms with Crippen molar-refractivity contribution >= 4 is 23.4 Å². The van der Waals surface area contributed by atoms with E-state index in [1.54, 1.807) is 31.1 Å². The number of carbonyl (C=O) groups is 2. The summed E-state index contributed by atoms with van der Waals surface area (Å²) in [5, 5.41) is 2.47. The van der Waals surface area contributed by atoms with E-state index in [4.69, 9.17) is 5.73 Å². The fourth-order valence-corrected chi connectivity index (χ4v) is 1.37. The van der Waals surface area contributed by atoms with E-state index in [1.165, 1.54) is 13.2 Å². The van der Waals surface area contributed by atoms with Crippen LogP contribution in [0.4, 0.5) is 16.2 Å². The fraction of sp³-hybridized carbons (Fsp3) is 0.273. The van der Waals surface area contributed by atoms with Gasteiger partial charge in [-0.05, 0) is 18.2 Å². The van der Waals surface area contributed by atoms with Gasteiger partial charge in [-0.1, -0.05) is 0 Å². The number of benzene rings is 1. The van der Waals surface area contributed by atoms with Crippen LogP contribution in [0.2, 0.25) is 0 Å². The summed E-state index contributed by atoms with van der Waals surface area (Å²) < 4.78 is 4.46. The van der Waals surface area contributed by atoms with Crippen LogP contribution >= 0.6 is 0 Å². The van der Waals surface area contributed by atoms with Crippen molar-refractivity contribution < 1.29 is 14.3 Å². The molecule has 0 aliphatic carbocycles. The number of rotatable bonds is 3. The summed E-state index contributed by atoms with van der Waals surface area (Å²) in [5.41, 5.74) is 6.75. The van der Waals surface area contributed by atoms with Gasteiger partial charge in [0.2, 0.25) is 0 Å². The van der Waals surface area contributed by atoms with Gasteiger partial charge >= 0.3 is 6.09 Å². The van der Waals surface area contributed by atoms with Gasteiger partial charge in [-0.25, -0.2) is 4.79 Å². The number of hydrogen-bond donors (Lipinski definition) is 2. The maximum absolute atomic E-state index is 11.3. The molecule has 0 bridgehead atoms. The molecule has 0 unspecified atom stereocenters. The van der Waals surface area contributed by atoms with Crippen LogP contribution in [0.25, 0.3) is 0 Å². The molecule has 0 atom stereocenters. The minimum absolute atomic E-state index is 0.337. The Morgan fingerprint density at radius 2 is 2.00 bits per heavy atom. The van der Waals surface area contributed by atoms with Gasteiger partial charge in [0, 0.05) is 25.5 Å². The molecule has 1 aromatic rings. The van der Waals surface area contributed by atoms with Crippen molar-refractivity contribution in [1.29, 1.82) is 0 Å². The summed E-state index contributed by atoms with van der Waals surface area (Å²) in [6, 6.07) is 4.87. The molecule has 6 heteroatoms. The molecule has 0 aliphatic heterocycles. The predicted molar refractivity (Wildman–Crippen MR) is 65.3 cm³/mol. The predicted octanol–water partition coefficient (Wildman–Crippen LogP) is 1.03. The summed E-state index contributed by atoms with van der Waals surface area (Å²) in [7, 11) is 4.86. The van der Waals surface area contributed by atoms with E-state index < -0.39 is 12.0 Å². The van der Waals surface area contributed by atoms with Crippen LogP contribution in [0.5, 0.6) is 0 Å². The Morgan fingerprint density at radius 1 is 1.35 bits per heavy atom. The van der Waals surface area contributed by atoms with E-state index in [2.05, 4.69) is 10.1 Å². The Labute approximate surface area is 99.3 Å². The second-order valence-electron chi connectivity index (χ2n) is 3.61. The number of amides is 2. The Bertz CT molecular complexity index is 444. The van der Waals surface area contributed by atoms with Crippen LogP contribution < -0.4 is 16.0 Å². The van der Waals surface area contributed by atoms with Crippen molar-refractivity contribution in [3.8, 4) is 0 Å². The second kappa shape index (κ2) is 5.20. The number of hydrogen-bond acceptors (Lipinski definition) is 4. The smallest absolute Gasteiger partial charge is 0.411 e. The molecule has 0 fully saturated rings. The third-order valence-corrected chi connectivity index (χ3v) is 2.18. The minimum Gasteiger partial charge on any atom is -0.453 e. The van der Waals surface area contributed by atoms with E-state index in [9.17, 15) is 9.59 Å². The van der Waals surface area contributed by atoms with Gasteiger partial charge in [0.15, 0.2) is 0 Å². The van der Waals surface area contributed by atoms with Crippen molar-refractivity contribution in [1.82, 2.24) is 0 Å². The summed E-state index contributed by atoms with van der Waals surface area (Å²) in [6.45, 7) is 0. The third-order valence-electron chi connectivity index (χ3n) is 2.18. The molecule has 0 saturated carbocycles. The van der Waals surface area contributed by atoms with E-state index in [-0.39, 0.29) is 0 Å². The van der Waals surface area contributed by atoms with Crippen LogP contribution in [0.1, 0.15) is 10.4 Å². The maximum atomic E-state index is 11.3. The zero-order valence-electron chi connectivity index (χ0n) is 9.98. The number of methoxy groups -OCH3 is 1. The summed E-state index contributed by atoms with van der Waals surface area (Å²) in [6.07, 6.45) is -0.599. The van der Waals surface area contributed by atoms with Crippen molar-refractivity contribution in [2.45, 2.75) is 0 Å². The highest BCUT2D eigenvalue weighted by atomic mass is 16.5. The topological polar surface area (TPSA) is 84.7 Å². The first-order chi connectivity index (χ1) is 7.95. The second-order valence-corrected chi connectivity index (χ2v) is 3.61. The molecule has 2 amide bonds. The normalized spacial score (nSPS) is 9.59. The molecule has 0 radical (unpaired) electrons. The number of nitrogens with zero attached hydrogens (tertiary/aromatic N) is 1. The van der Waals surface area contributed by atoms with Crippen LogP contribution in [0.3, 0.4) is 0 Å². The van der Waals surface area contributed by atoms with Crippen LogP contribution in [0, 0.1) is 0 Å². The molecule has 1 aromatic carbocycles. The molecule has 6 nitrogen and oxygen atoms in total. The van der Waals surface area contributed by atoms with Crippen molar-refractivity contribution in [2.24, 2.45) is 5.73 Å². The van der Waals surface area contributed by atoms with E-state index in [1.807, 2.05) is 0 Å². The number of nitrogens with one attached hydrogen (secondary N) is 1. The zero-order valence-corrected chi connectivity index (χ0v) is 9.98. The molecule has 0 aromatic heterocycles. The van der Waals surface area contributed by atoms with Gasteiger partial charge in [-0.15, -0.1) is 0 Å². The first-order valence-electron chi connectivity index (χ1n) is 4.92. The lowest BCUT2D eigenvalue weighted by Crippen LogP contribution is -2.19. The molecular weight excluding hydrogens is 222 g/mol. The van der Waals surface area contributed by atoms with Gasteiger partial charge in [-0.3, -0.25) is 10.1 Å². The first kappa shape index (κ1) is 12.8. The SMILES string of the molecule is COC(=O)Nc1ccc(N(C)C)c(C(N)=O)c1. The van der Waals surface area contributed by atoms with E-state index in [0.717, 1.165) is 0 Å². The molecule has 1 rings (SSSR count). The molecule has 0 saturated heterocycles. The standard InChI is InChI=1S/C11H15N3O3/c1-14(2)9-5-4-7(13-11(16)17-3)6-8(9)10(12)15/h4-6H,1-3H3,(H2,12,15)(H,13,16). The Kier molecular flexibility index (Phi) is 3.92. The summed E-state index contributed by atoms with van der Waals surface area (Å²) in [4.78, 5) is 24.1. The number of anilines is 2. The Balaban J connectivity index is 3.10. The Hall–Kier alpha value is -2.24. The summed E-state index contributed by atoms with van der Waals surface area (Å²) >= 11 is 0. The molecule has 0 heterocycles. The molecule has 17 heavy (non-hydrogen) atoms. The molecular formula is C11H15N3O3. The van der Waals surface area contributed by atoms with Crippen molar-refractivity contribution in [2.75, 3.05) is 31.4 Å². The van der Waals surface area contributed by atoms with Gasteiger partial charge in [0.25, 0.3) is 5.91 Å². The number of ether oxygens (including phenoxy) is 1. The first-order valence-corrected chi connectivity index (χ1v) is 4.92. The average molecular weight is 237 g/mol. The van der Waals surface area contributed by atoms with Crippen molar-refractivity contribution in [3.63, 3.8) is 0 Å². The van der Waals surface area contributed by atoms with E-state index >= 15 is 0 Å². The van der Waals surface area contributed by atoms with Crippen LogP contribution in [-0.4, -0.2) is 33.2 Å². The lowest BCUT2D eigenvalue weighted by molar-refractivity contribution is 0.100. The quantitative estimate of drug-likeness (QED) is 0.822. The van der Waals surface area contributed by atoms with Gasteiger partial charge in [0.1, 0.15) is 0 Å². The number of primary amides is 1. The molecule has 3 N–H and O–H groups in total. The fourth-order valence-electron chi connectivity index (χ4n) is 1.37. The van der Waals surface area contributed by atoms with Crippen molar-refractivity contribution in [3.05, 3.63) is 23.8 Å². The maximum Gasteiger partial charge on any atom is 0.411 e. The highest BCUT2D eigenvalue weighted by Crippen LogP contribution is 2.22. The Morgan fingerprint density at radius 3 is 2.47 bits per heavy atom. The highest BCUT2D eigenvalue weighted by Gasteiger charge is 2.11. The largest absolute Gasteiger partial charge is 0.453 e. The molecule has 0 spiro atoms. The zero-order chi connectivity index (χ0) is 13.0. The van der Waals surface area contributed by atoms with Gasteiger partial charge in [-0.2, -0.15) is 0 Å². The average Bonchev–Trinajstić information content (AvgIpc) is 2.28. The van der Waals surface area contributed by atoms with E-state index in [0.29, 0.717) is 16.9 Å². The molecule has 0 aliphatic rings. The van der Waals surface area contributed by atoms with Gasteiger partial charge in [0.05, 0.1) is 12.7 Å². The lowest BCUT2D eigenvalue weighted by atomic mass is 10.1.